The highest BCUT2D eigenvalue weighted by atomic mass is 19.1. The summed E-state index contributed by atoms with van der Waals surface area (Å²) in [7, 11) is 0. The molecule has 0 saturated heterocycles. The number of nitrogens with zero attached hydrogens (tertiary/aromatic N) is 2. The van der Waals surface area contributed by atoms with Gasteiger partial charge < -0.3 is 0 Å². The Morgan fingerprint density at radius 1 is 1.21 bits per heavy atom. The van der Waals surface area contributed by atoms with Gasteiger partial charge in [-0.15, -0.1) is 0 Å². The van der Waals surface area contributed by atoms with E-state index in [0.717, 1.165) is 11.1 Å². The number of imidazole rings is 1. The highest BCUT2D eigenvalue weighted by Gasteiger charge is 2.15. The standard InChI is InChI=1S/C15H11FN2O/c1-10-5-4-8-18-14(10)13(9-19)17-15(18)11-6-2-3-7-12(11)16/h2-9H,1H3. The molecule has 0 aliphatic heterocycles. The van der Waals surface area contributed by atoms with Crippen LogP contribution in [0.1, 0.15) is 16.1 Å². The average molecular weight is 254 g/mol. The Morgan fingerprint density at radius 2 is 2.00 bits per heavy atom. The zero-order valence-corrected chi connectivity index (χ0v) is 10.3. The van der Waals surface area contributed by atoms with Gasteiger partial charge in [0.2, 0.25) is 0 Å². The Balaban J connectivity index is 2.41. The number of pyridine rings is 1. The molecule has 0 bridgehead atoms. The number of hydrogen-bond acceptors (Lipinski definition) is 2. The summed E-state index contributed by atoms with van der Waals surface area (Å²) in [4.78, 5) is 15.4. The lowest BCUT2D eigenvalue weighted by Gasteiger charge is -2.03. The van der Waals surface area contributed by atoms with Crippen molar-refractivity contribution in [2.24, 2.45) is 0 Å². The van der Waals surface area contributed by atoms with Gasteiger partial charge in [-0.3, -0.25) is 9.20 Å². The Kier molecular flexibility index (Phi) is 2.63. The largest absolute Gasteiger partial charge is 0.299 e. The third-order valence-corrected chi connectivity index (χ3v) is 3.12. The number of aldehydes is 1. The summed E-state index contributed by atoms with van der Waals surface area (Å²) in [5.74, 6) is 0.0901. The van der Waals surface area contributed by atoms with Crippen LogP contribution in [0.3, 0.4) is 0 Å². The lowest BCUT2D eigenvalue weighted by molar-refractivity contribution is 0.112. The summed E-state index contributed by atoms with van der Waals surface area (Å²) in [6.07, 6.45) is 2.48. The fraction of sp³-hybridized carbons (Fsp3) is 0.0667. The highest BCUT2D eigenvalue weighted by Crippen LogP contribution is 2.25. The molecule has 0 unspecified atom stereocenters. The molecule has 0 N–H and O–H groups in total. The van der Waals surface area contributed by atoms with Gasteiger partial charge in [-0.1, -0.05) is 18.2 Å². The van der Waals surface area contributed by atoms with Crippen molar-refractivity contribution in [3.05, 3.63) is 59.7 Å². The van der Waals surface area contributed by atoms with Crippen molar-refractivity contribution in [3.8, 4) is 11.4 Å². The zero-order valence-electron chi connectivity index (χ0n) is 10.3. The van der Waals surface area contributed by atoms with Gasteiger partial charge in [0, 0.05) is 6.20 Å². The van der Waals surface area contributed by atoms with Crippen LogP contribution in [0.25, 0.3) is 16.9 Å². The molecule has 0 aliphatic carbocycles. The normalized spacial score (nSPS) is 10.8. The van der Waals surface area contributed by atoms with Gasteiger partial charge in [-0.05, 0) is 30.7 Å². The van der Waals surface area contributed by atoms with E-state index in [4.69, 9.17) is 0 Å². The maximum absolute atomic E-state index is 13.9. The fourth-order valence-corrected chi connectivity index (χ4v) is 2.25. The Hall–Kier alpha value is -2.49. The molecule has 19 heavy (non-hydrogen) atoms. The molecule has 3 rings (SSSR count). The van der Waals surface area contributed by atoms with E-state index in [2.05, 4.69) is 4.98 Å². The van der Waals surface area contributed by atoms with Gasteiger partial charge in [-0.2, -0.15) is 0 Å². The quantitative estimate of drug-likeness (QED) is 0.658. The molecule has 0 fully saturated rings. The number of halogens is 1. The van der Waals surface area contributed by atoms with Gasteiger partial charge in [0.05, 0.1) is 11.1 Å². The van der Waals surface area contributed by atoms with Crippen molar-refractivity contribution in [1.82, 2.24) is 9.38 Å². The second kappa shape index (κ2) is 4.31. The Morgan fingerprint density at radius 3 is 2.74 bits per heavy atom. The van der Waals surface area contributed by atoms with Crippen LogP contribution in [0.2, 0.25) is 0 Å². The third kappa shape index (κ3) is 1.73. The summed E-state index contributed by atoms with van der Waals surface area (Å²) in [6.45, 7) is 1.90. The number of fused-ring (bicyclic) bond motifs is 1. The van der Waals surface area contributed by atoms with E-state index in [1.54, 1.807) is 28.8 Å². The maximum Gasteiger partial charge on any atom is 0.170 e. The molecule has 0 atom stereocenters. The molecule has 0 aliphatic rings. The molecule has 0 spiro atoms. The van der Waals surface area contributed by atoms with E-state index in [1.807, 2.05) is 19.1 Å². The van der Waals surface area contributed by atoms with E-state index < -0.39 is 0 Å². The van der Waals surface area contributed by atoms with Crippen molar-refractivity contribution < 1.29 is 9.18 Å². The topological polar surface area (TPSA) is 34.4 Å². The van der Waals surface area contributed by atoms with Crippen molar-refractivity contribution in [1.29, 1.82) is 0 Å². The number of aryl methyl sites for hydroxylation is 1. The van der Waals surface area contributed by atoms with Crippen LogP contribution in [0.4, 0.5) is 4.39 Å². The molecule has 1 aromatic carbocycles. The number of carbonyl (C=O) groups is 1. The zero-order chi connectivity index (χ0) is 13.4. The van der Waals surface area contributed by atoms with E-state index >= 15 is 0 Å². The van der Waals surface area contributed by atoms with Crippen LogP contribution in [0, 0.1) is 12.7 Å². The summed E-state index contributed by atoms with van der Waals surface area (Å²) >= 11 is 0. The van der Waals surface area contributed by atoms with Gasteiger partial charge in [0.15, 0.2) is 6.29 Å². The number of rotatable bonds is 2. The first kappa shape index (κ1) is 11.6. The lowest BCUT2D eigenvalue weighted by Crippen LogP contribution is -1.92. The smallest absolute Gasteiger partial charge is 0.170 e. The Labute approximate surface area is 109 Å². The Bertz CT molecular complexity index is 777. The molecule has 3 nitrogen and oxygen atoms in total. The molecule has 0 saturated carbocycles. The molecule has 0 amide bonds. The lowest BCUT2D eigenvalue weighted by atomic mass is 10.2. The predicted molar refractivity (Wildman–Crippen MR) is 70.7 cm³/mol. The van der Waals surface area contributed by atoms with Crippen LogP contribution < -0.4 is 0 Å². The van der Waals surface area contributed by atoms with Crippen LogP contribution in [0.15, 0.2) is 42.6 Å². The minimum atomic E-state index is -0.353. The number of hydrogen-bond donors (Lipinski definition) is 0. The second-order valence-corrected chi connectivity index (χ2v) is 4.33. The predicted octanol–water partition coefficient (Wildman–Crippen LogP) is 3.26. The van der Waals surface area contributed by atoms with Crippen molar-refractivity contribution in [2.45, 2.75) is 6.92 Å². The summed E-state index contributed by atoms with van der Waals surface area (Å²) in [5, 5.41) is 0. The molecule has 2 heterocycles. The number of carbonyl (C=O) groups excluding carboxylic acids is 1. The van der Waals surface area contributed by atoms with E-state index in [1.165, 1.54) is 6.07 Å². The van der Waals surface area contributed by atoms with Gasteiger partial charge >= 0.3 is 0 Å². The van der Waals surface area contributed by atoms with Crippen LogP contribution in [0.5, 0.6) is 0 Å². The first-order valence-electron chi connectivity index (χ1n) is 5.90. The highest BCUT2D eigenvalue weighted by molar-refractivity contribution is 5.87. The fourth-order valence-electron chi connectivity index (χ4n) is 2.25. The molecular formula is C15H11FN2O. The van der Waals surface area contributed by atoms with Crippen molar-refractivity contribution >= 4 is 11.8 Å². The van der Waals surface area contributed by atoms with Crippen molar-refractivity contribution in [2.75, 3.05) is 0 Å². The average Bonchev–Trinajstić information content (AvgIpc) is 2.79. The van der Waals surface area contributed by atoms with Crippen LogP contribution >= 0.6 is 0 Å². The van der Waals surface area contributed by atoms with Gasteiger partial charge in [0.25, 0.3) is 0 Å². The SMILES string of the molecule is Cc1cccn2c(-c3ccccc3F)nc(C=O)c12. The summed E-state index contributed by atoms with van der Waals surface area (Å²) in [6, 6.07) is 10.2. The molecule has 4 heteroatoms. The molecular weight excluding hydrogens is 243 g/mol. The van der Waals surface area contributed by atoms with Crippen LogP contribution in [-0.2, 0) is 0 Å². The molecule has 2 aromatic heterocycles. The second-order valence-electron chi connectivity index (χ2n) is 4.33. The minimum absolute atomic E-state index is 0.330. The minimum Gasteiger partial charge on any atom is -0.299 e. The maximum atomic E-state index is 13.9. The van der Waals surface area contributed by atoms with Gasteiger partial charge in [0.1, 0.15) is 17.3 Å². The summed E-state index contributed by atoms with van der Waals surface area (Å²) < 4.78 is 15.6. The van der Waals surface area contributed by atoms with Crippen LogP contribution in [-0.4, -0.2) is 15.7 Å². The molecule has 94 valence electrons. The number of benzene rings is 1. The summed E-state index contributed by atoms with van der Waals surface area (Å²) in [5.41, 5.74) is 2.36. The third-order valence-electron chi connectivity index (χ3n) is 3.12. The van der Waals surface area contributed by atoms with Gasteiger partial charge in [-0.25, -0.2) is 9.37 Å². The van der Waals surface area contributed by atoms with E-state index in [9.17, 15) is 9.18 Å². The van der Waals surface area contributed by atoms with E-state index in [-0.39, 0.29) is 5.82 Å². The first-order chi connectivity index (χ1) is 9.22. The molecule has 3 aromatic rings. The number of aromatic nitrogens is 2. The monoisotopic (exact) mass is 254 g/mol. The van der Waals surface area contributed by atoms with E-state index in [0.29, 0.717) is 23.4 Å². The van der Waals surface area contributed by atoms with Crippen molar-refractivity contribution in [3.63, 3.8) is 0 Å². The first-order valence-corrected chi connectivity index (χ1v) is 5.90. The molecule has 0 radical (unpaired) electrons.